The maximum atomic E-state index is 10.2. The lowest BCUT2D eigenvalue weighted by molar-refractivity contribution is 0.0927. The minimum Gasteiger partial charge on any atom is -0.387 e. The minimum atomic E-state index is -0.262. The lowest BCUT2D eigenvalue weighted by Crippen LogP contribution is -2.14. The summed E-state index contributed by atoms with van der Waals surface area (Å²) in [5.41, 5.74) is 0. The van der Waals surface area contributed by atoms with Crippen LogP contribution < -0.4 is 0 Å². The molecule has 1 N–H and O–H groups in total. The average molecular weight is 275 g/mol. The first-order chi connectivity index (χ1) is 6.70. The van der Waals surface area contributed by atoms with Crippen LogP contribution in [0.2, 0.25) is 0 Å². The van der Waals surface area contributed by atoms with E-state index in [9.17, 15) is 5.11 Å². The highest BCUT2D eigenvalue weighted by Crippen LogP contribution is 2.43. The highest BCUT2D eigenvalue weighted by Gasteiger charge is 2.31. The molecule has 1 aliphatic carbocycles. The minimum absolute atomic E-state index is 0.262. The quantitative estimate of drug-likeness (QED) is 0.865. The van der Waals surface area contributed by atoms with Crippen molar-refractivity contribution in [3.8, 4) is 0 Å². The van der Waals surface area contributed by atoms with E-state index in [1.54, 1.807) is 11.3 Å². The zero-order chi connectivity index (χ0) is 10.1. The van der Waals surface area contributed by atoms with Crippen LogP contribution in [0.3, 0.4) is 0 Å². The molecular weight excluding hydrogens is 260 g/mol. The lowest BCUT2D eigenvalue weighted by atomic mass is 9.91. The number of aliphatic hydroxyl groups is 1. The Labute approximate surface area is 97.3 Å². The summed E-state index contributed by atoms with van der Waals surface area (Å²) in [6.07, 6.45) is 3.45. The van der Waals surface area contributed by atoms with Crippen LogP contribution in [0.4, 0.5) is 0 Å². The second-order valence-corrected chi connectivity index (χ2v) is 5.95. The molecule has 0 spiro atoms. The summed E-state index contributed by atoms with van der Waals surface area (Å²) < 4.78 is 1.06. The Morgan fingerprint density at radius 3 is 2.86 bits per heavy atom. The molecular formula is C11H15BrOS. The van der Waals surface area contributed by atoms with Crippen LogP contribution in [0.15, 0.2) is 15.9 Å². The standard InChI is InChI=1S/C11H15BrOS/c1-7-3-2-4-8(7)10(13)11-9(12)5-6-14-11/h5-8,10,13H,2-4H2,1H3. The van der Waals surface area contributed by atoms with Gasteiger partial charge in [0.15, 0.2) is 0 Å². The molecule has 3 atom stereocenters. The third kappa shape index (κ3) is 1.90. The van der Waals surface area contributed by atoms with Crippen molar-refractivity contribution in [3.05, 3.63) is 20.8 Å². The van der Waals surface area contributed by atoms with Gasteiger partial charge in [-0.1, -0.05) is 19.8 Å². The molecule has 1 heterocycles. The number of hydrogen-bond acceptors (Lipinski definition) is 2. The molecule has 0 radical (unpaired) electrons. The zero-order valence-corrected chi connectivity index (χ0v) is 10.6. The van der Waals surface area contributed by atoms with Gasteiger partial charge in [0, 0.05) is 9.35 Å². The summed E-state index contributed by atoms with van der Waals surface area (Å²) >= 11 is 5.13. The van der Waals surface area contributed by atoms with E-state index in [1.165, 1.54) is 19.3 Å². The van der Waals surface area contributed by atoms with Crippen molar-refractivity contribution in [2.24, 2.45) is 11.8 Å². The van der Waals surface area contributed by atoms with E-state index < -0.39 is 0 Å². The fourth-order valence-corrected chi connectivity index (χ4v) is 4.02. The highest BCUT2D eigenvalue weighted by atomic mass is 79.9. The first-order valence-corrected chi connectivity index (χ1v) is 6.78. The van der Waals surface area contributed by atoms with Gasteiger partial charge in [0.1, 0.15) is 0 Å². The summed E-state index contributed by atoms with van der Waals surface area (Å²) in [6, 6.07) is 2.02. The summed E-state index contributed by atoms with van der Waals surface area (Å²) in [6.45, 7) is 2.25. The van der Waals surface area contributed by atoms with E-state index in [0.29, 0.717) is 11.8 Å². The van der Waals surface area contributed by atoms with E-state index in [2.05, 4.69) is 22.9 Å². The molecule has 3 heteroatoms. The summed E-state index contributed by atoms with van der Waals surface area (Å²) in [5, 5.41) is 12.3. The van der Waals surface area contributed by atoms with Crippen molar-refractivity contribution in [1.29, 1.82) is 0 Å². The molecule has 1 fully saturated rings. The fraction of sp³-hybridized carbons (Fsp3) is 0.636. The molecule has 3 unspecified atom stereocenters. The molecule has 14 heavy (non-hydrogen) atoms. The van der Waals surface area contributed by atoms with Crippen molar-refractivity contribution in [3.63, 3.8) is 0 Å². The second kappa shape index (κ2) is 4.33. The van der Waals surface area contributed by atoms with Gasteiger partial charge in [0.05, 0.1) is 6.10 Å². The molecule has 0 aliphatic heterocycles. The molecule has 0 aromatic carbocycles. The largest absolute Gasteiger partial charge is 0.387 e. The van der Waals surface area contributed by atoms with Gasteiger partial charge in [0.25, 0.3) is 0 Å². The first-order valence-electron chi connectivity index (χ1n) is 5.11. The van der Waals surface area contributed by atoms with E-state index in [-0.39, 0.29) is 6.10 Å². The Morgan fingerprint density at radius 1 is 1.57 bits per heavy atom. The highest BCUT2D eigenvalue weighted by molar-refractivity contribution is 9.10. The maximum absolute atomic E-state index is 10.2. The monoisotopic (exact) mass is 274 g/mol. The molecule has 78 valence electrons. The van der Waals surface area contributed by atoms with Crippen molar-refractivity contribution in [2.75, 3.05) is 0 Å². The van der Waals surface area contributed by atoms with Gasteiger partial charge in [-0.15, -0.1) is 11.3 Å². The number of rotatable bonds is 2. The van der Waals surface area contributed by atoms with Crippen LogP contribution in [-0.2, 0) is 0 Å². The SMILES string of the molecule is CC1CCCC1C(O)c1sccc1Br. The molecule has 1 aliphatic rings. The molecule has 1 aromatic heterocycles. The Hall–Kier alpha value is 0.140. The van der Waals surface area contributed by atoms with Crippen LogP contribution in [0, 0.1) is 11.8 Å². The average Bonchev–Trinajstić information content (AvgIpc) is 2.73. The smallest absolute Gasteiger partial charge is 0.0923 e. The van der Waals surface area contributed by atoms with Gasteiger partial charge in [-0.05, 0) is 45.6 Å². The number of thiophene rings is 1. The molecule has 1 aromatic rings. The van der Waals surface area contributed by atoms with E-state index >= 15 is 0 Å². The third-order valence-corrected chi connectivity index (χ3v) is 5.19. The predicted molar refractivity (Wildman–Crippen MR) is 63.5 cm³/mol. The van der Waals surface area contributed by atoms with Gasteiger partial charge in [-0.3, -0.25) is 0 Å². The molecule has 1 nitrogen and oxygen atoms in total. The Balaban J connectivity index is 2.15. The molecule has 0 bridgehead atoms. The van der Waals surface area contributed by atoms with E-state index in [0.717, 1.165) is 9.35 Å². The first kappa shape index (κ1) is 10.7. The third-order valence-electron chi connectivity index (χ3n) is 3.25. The van der Waals surface area contributed by atoms with E-state index in [1.807, 2.05) is 11.4 Å². The number of aliphatic hydroxyl groups excluding tert-OH is 1. The second-order valence-electron chi connectivity index (χ2n) is 4.15. The zero-order valence-electron chi connectivity index (χ0n) is 8.24. The Morgan fingerprint density at radius 2 is 2.36 bits per heavy atom. The molecule has 0 amide bonds. The van der Waals surface area contributed by atoms with Crippen LogP contribution in [0.5, 0.6) is 0 Å². The Kier molecular flexibility index (Phi) is 3.30. The van der Waals surface area contributed by atoms with Crippen LogP contribution in [0.25, 0.3) is 0 Å². The summed E-state index contributed by atoms with van der Waals surface area (Å²) in [7, 11) is 0. The van der Waals surface area contributed by atoms with E-state index in [4.69, 9.17) is 0 Å². The van der Waals surface area contributed by atoms with Gasteiger partial charge in [-0.25, -0.2) is 0 Å². The van der Waals surface area contributed by atoms with Crippen molar-refractivity contribution >= 4 is 27.3 Å². The normalized spacial score (nSPS) is 29.4. The van der Waals surface area contributed by atoms with Crippen LogP contribution >= 0.6 is 27.3 Å². The Bertz CT molecular complexity index is 310. The van der Waals surface area contributed by atoms with Gasteiger partial charge in [0.2, 0.25) is 0 Å². The number of hydrogen-bond donors (Lipinski definition) is 1. The lowest BCUT2D eigenvalue weighted by Gasteiger charge is -2.21. The van der Waals surface area contributed by atoms with Crippen LogP contribution in [-0.4, -0.2) is 5.11 Å². The molecule has 2 rings (SSSR count). The number of halogens is 1. The maximum Gasteiger partial charge on any atom is 0.0923 e. The predicted octanol–water partition coefficient (Wildman–Crippen LogP) is 3.98. The summed E-state index contributed by atoms with van der Waals surface area (Å²) in [5.74, 6) is 1.13. The summed E-state index contributed by atoms with van der Waals surface area (Å²) in [4.78, 5) is 1.10. The topological polar surface area (TPSA) is 20.2 Å². The van der Waals surface area contributed by atoms with Gasteiger partial charge in [-0.2, -0.15) is 0 Å². The molecule has 1 saturated carbocycles. The van der Waals surface area contributed by atoms with Crippen molar-refractivity contribution < 1.29 is 5.11 Å². The van der Waals surface area contributed by atoms with Gasteiger partial charge >= 0.3 is 0 Å². The fourth-order valence-electron chi connectivity index (χ4n) is 2.35. The van der Waals surface area contributed by atoms with Gasteiger partial charge < -0.3 is 5.11 Å². The van der Waals surface area contributed by atoms with Crippen molar-refractivity contribution in [1.82, 2.24) is 0 Å². The molecule has 0 saturated heterocycles. The van der Waals surface area contributed by atoms with Crippen molar-refractivity contribution in [2.45, 2.75) is 32.3 Å². The van der Waals surface area contributed by atoms with Crippen LogP contribution in [0.1, 0.15) is 37.2 Å².